The van der Waals surface area contributed by atoms with Crippen molar-refractivity contribution in [3.05, 3.63) is 0 Å². The molecule has 0 bridgehead atoms. The van der Waals surface area contributed by atoms with Crippen molar-refractivity contribution in [1.82, 2.24) is 0 Å². The van der Waals surface area contributed by atoms with E-state index in [0.29, 0.717) is 0 Å². The molecule has 0 radical (unpaired) electrons. The fraction of sp³-hybridized carbons (Fsp3) is 1.00. The van der Waals surface area contributed by atoms with Gasteiger partial charge in [0.2, 0.25) is 0 Å². The van der Waals surface area contributed by atoms with Gasteiger partial charge in [-0.25, -0.2) is 0 Å². The molecule has 0 heterocycles. The molecule has 2 nitrogen and oxygen atoms in total. The third-order valence-corrected chi connectivity index (χ3v) is 1.57. The molecule has 0 saturated carbocycles. The minimum absolute atomic E-state index is 0. The molecule has 0 aromatic carbocycles. The Morgan fingerprint density at radius 3 is 1.33 bits per heavy atom. The van der Waals surface area contributed by atoms with E-state index in [-0.39, 0.29) is 49.2 Å². The van der Waals surface area contributed by atoms with E-state index in [0.717, 1.165) is 0 Å². The first-order chi connectivity index (χ1) is 3.72. The molecule has 0 fully saturated rings. The Labute approximate surface area is 95.8 Å². The van der Waals surface area contributed by atoms with Crippen molar-refractivity contribution in [3.8, 4) is 0 Å². The Morgan fingerprint density at radius 2 is 1.22 bits per heavy atom. The number of aliphatic hydroxyl groups excluding tert-OH is 2. The Balaban J connectivity index is 0. The first kappa shape index (κ1) is 13.5. The second-order valence-corrected chi connectivity index (χ2v) is 2.23. The molecular weight excluding hydrogens is 184 g/mol. The van der Waals surface area contributed by atoms with Crippen LogP contribution in [0.4, 0.5) is 0 Å². The van der Waals surface area contributed by atoms with E-state index in [9.17, 15) is 0 Å². The summed E-state index contributed by atoms with van der Waals surface area (Å²) in [5.41, 5.74) is 0. The molecule has 0 aliphatic heterocycles. The Kier molecular flexibility index (Phi) is 11.9. The molecule has 5 heteroatoms. The fourth-order valence-electron chi connectivity index (χ4n) is 0.243. The van der Waals surface area contributed by atoms with Gasteiger partial charge in [-0.05, 0) is 0 Å². The van der Waals surface area contributed by atoms with E-state index in [4.69, 9.17) is 10.2 Å². The van der Waals surface area contributed by atoms with Crippen LogP contribution in [-0.2, 0) is 0 Å². The van der Waals surface area contributed by atoms with Crippen molar-refractivity contribution in [3.63, 3.8) is 0 Å². The summed E-state index contributed by atoms with van der Waals surface area (Å²) in [5, 5.41) is 17.5. The molecule has 0 amide bonds. The molecule has 0 rings (SSSR count). The standard InChI is InChI=1S/C4H10O2S2.Ca.2H/c5-3(1-7)4(6)2-8;;;/h3-8H,1-2H2;;;/t3-,4-;;;/m1.../s1. The van der Waals surface area contributed by atoms with E-state index in [1.165, 1.54) is 0 Å². The van der Waals surface area contributed by atoms with E-state index >= 15 is 0 Å². The van der Waals surface area contributed by atoms with Crippen LogP contribution < -0.4 is 0 Å². The summed E-state index contributed by atoms with van der Waals surface area (Å²) < 4.78 is 0. The van der Waals surface area contributed by atoms with Gasteiger partial charge in [0.1, 0.15) is 0 Å². The Morgan fingerprint density at radius 1 is 1.00 bits per heavy atom. The molecule has 0 aromatic heterocycles. The monoisotopic (exact) mass is 196 g/mol. The second kappa shape index (κ2) is 7.98. The van der Waals surface area contributed by atoms with Gasteiger partial charge in [-0.3, -0.25) is 0 Å². The van der Waals surface area contributed by atoms with Crippen molar-refractivity contribution in [2.45, 2.75) is 12.2 Å². The zero-order valence-corrected chi connectivity index (χ0v) is 6.15. The zero-order chi connectivity index (χ0) is 6.57. The molecule has 0 spiro atoms. The van der Waals surface area contributed by atoms with Crippen LogP contribution in [0.1, 0.15) is 0 Å². The van der Waals surface area contributed by atoms with Crippen molar-refractivity contribution in [1.29, 1.82) is 0 Å². The van der Waals surface area contributed by atoms with Crippen molar-refractivity contribution < 1.29 is 10.2 Å². The van der Waals surface area contributed by atoms with Gasteiger partial charge in [0.05, 0.1) is 12.2 Å². The van der Waals surface area contributed by atoms with Gasteiger partial charge in [0.25, 0.3) is 0 Å². The molecule has 0 aliphatic carbocycles. The van der Waals surface area contributed by atoms with Crippen molar-refractivity contribution >= 4 is 63.0 Å². The van der Waals surface area contributed by atoms with Gasteiger partial charge >= 0.3 is 37.7 Å². The first-order valence-corrected chi connectivity index (χ1v) is 3.56. The number of hydrogen-bond donors (Lipinski definition) is 4. The average Bonchev–Trinajstić information content (AvgIpc) is 1.84. The maximum absolute atomic E-state index is 8.75. The predicted octanol–water partition coefficient (Wildman–Crippen LogP) is -1.35. The molecule has 2 N–H and O–H groups in total. The van der Waals surface area contributed by atoms with Crippen LogP contribution in [0.5, 0.6) is 0 Å². The first-order valence-electron chi connectivity index (χ1n) is 2.30. The van der Waals surface area contributed by atoms with Gasteiger partial charge in [0.15, 0.2) is 0 Å². The number of thiol groups is 2. The molecule has 54 valence electrons. The molecule has 0 aromatic rings. The maximum atomic E-state index is 8.75. The zero-order valence-electron chi connectivity index (χ0n) is 4.36. The summed E-state index contributed by atoms with van der Waals surface area (Å²) in [6.07, 6.45) is -1.48. The van der Waals surface area contributed by atoms with Crippen LogP contribution in [0.25, 0.3) is 0 Å². The average molecular weight is 196 g/mol. The summed E-state index contributed by atoms with van der Waals surface area (Å²) in [6, 6.07) is 0. The summed E-state index contributed by atoms with van der Waals surface area (Å²) in [6.45, 7) is 0. The second-order valence-electron chi connectivity index (χ2n) is 1.50. The van der Waals surface area contributed by atoms with Gasteiger partial charge < -0.3 is 10.2 Å². The SMILES string of the molecule is O[C@H](CS)[C@H](O)CS.[CaH2]. The molecule has 2 atom stereocenters. The number of rotatable bonds is 3. The van der Waals surface area contributed by atoms with Crippen LogP contribution in [-0.4, -0.2) is 71.7 Å². The van der Waals surface area contributed by atoms with Gasteiger partial charge in [-0.2, -0.15) is 25.3 Å². The van der Waals surface area contributed by atoms with Crippen LogP contribution >= 0.6 is 25.3 Å². The topological polar surface area (TPSA) is 40.5 Å². The van der Waals surface area contributed by atoms with Crippen LogP contribution in [0.3, 0.4) is 0 Å². The molecule has 9 heavy (non-hydrogen) atoms. The molecule has 0 aliphatic rings. The quantitative estimate of drug-likeness (QED) is 0.333. The fourth-order valence-corrected chi connectivity index (χ4v) is 0.730. The van der Waals surface area contributed by atoms with Crippen molar-refractivity contribution in [2.24, 2.45) is 0 Å². The van der Waals surface area contributed by atoms with Crippen LogP contribution in [0.2, 0.25) is 0 Å². The summed E-state index contributed by atoms with van der Waals surface area (Å²) >= 11 is 7.53. The van der Waals surface area contributed by atoms with Crippen LogP contribution in [0, 0.1) is 0 Å². The van der Waals surface area contributed by atoms with Gasteiger partial charge in [-0.1, -0.05) is 0 Å². The normalized spacial score (nSPS) is 16.0. The van der Waals surface area contributed by atoms with Gasteiger partial charge in [-0.15, -0.1) is 0 Å². The number of aliphatic hydroxyl groups is 2. The summed E-state index contributed by atoms with van der Waals surface area (Å²) in [7, 11) is 0. The number of hydrogen-bond acceptors (Lipinski definition) is 4. The summed E-state index contributed by atoms with van der Waals surface area (Å²) in [4.78, 5) is 0. The Hall–Kier alpha value is 1.88. The van der Waals surface area contributed by atoms with E-state index in [1.807, 2.05) is 0 Å². The van der Waals surface area contributed by atoms with Crippen LogP contribution in [0.15, 0.2) is 0 Å². The predicted molar refractivity (Wildman–Crippen MR) is 48.3 cm³/mol. The van der Waals surface area contributed by atoms with E-state index in [2.05, 4.69) is 25.3 Å². The molecule has 0 saturated heterocycles. The molecular formula is C4H12CaO2S2. The summed E-state index contributed by atoms with van der Waals surface area (Å²) in [5.74, 6) is 0.559. The third kappa shape index (κ3) is 6.28. The van der Waals surface area contributed by atoms with E-state index in [1.54, 1.807) is 0 Å². The van der Waals surface area contributed by atoms with Crippen molar-refractivity contribution in [2.75, 3.05) is 11.5 Å². The van der Waals surface area contributed by atoms with E-state index < -0.39 is 12.2 Å². The Bertz CT molecular complexity index is 56.5. The third-order valence-electron chi connectivity index (χ3n) is 0.818. The molecule has 0 unspecified atom stereocenters. The van der Waals surface area contributed by atoms with Gasteiger partial charge in [0, 0.05) is 11.5 Å². The minimum atomic E-state index is -0.740.